The van der Waals surface area contributed by atoms with Gasteiger partial charge in [-0.25, -0.2) is 0 Å². The third-order valence-corrected chi connectivity index (χ3v) is 2.76. The molecule has 0 saturated carbocycles. The molecule has 0 bridgehead atoms. The number of hydrogen-bond donors (Lipinski definition) is 1. The van der Waals surface area contributed by atoms with Crippen LogP contribution in [0.3, 0.4) is 0 Å². The Hall–Kier alpha value is -0.320. The van der Waals surface area contributed by atoms with Crippen LogP contribution in [-0.4, -0.2) is 11.4 Å². The molecule has 1 heterocycles. The molecule has 1 aromatic rings. The Morgan fingerprint density at radius 3 is 2.85 bits per heavy atom. The van der Waals surface area contributed by atoms with Gasteiger partial charge in [0.05, 0.1) is 4.47 Å². The van der Waals surface area contributed by atoms with E-state index in [1.54, 1.807) is 6.08 Å². The average molecular weight is 306 g/mol. The third-order valence-electron chi connectivity index (χ3n) is 1.72. The summed E-state index contributed by atoms with van der Waals surface area (Å²) < 4.78 is 7.03. The summed E-state index contributed by atoms with van der Waals surface area (Å²) in [6.07, 6.45) is 2.59. The van der Waals surface area contributed by atoms with Gasteiger partial charge in [-0.2, -0.15) is 0 Å². The molecule has 13 heavy (non-hydrogen) atoms. The van der Waals surface area contributed by atoms with Gasteiger partial charge in [0, 0.05) is 10.0 Å². The number of hydrogen-bond acceptors (Lipinski definition) is 2. The molecule has 0 aliphatic carbocycles. The summed E-state index contributed by atoms with van der Waals surface area (Å²) in [4.78, 5) is 0. The second-order valence-corrected chi connectivity index (χ2v) is 4.44. The van der Waals surface area contributed by atoms with Crippen LogP contribution in [0.5, 0.6) is 5.75 Å². The van der Waals surface area contributed by atoms with Crippen LogP contribution in [-0.2, 0) is 0 Å². The number of benzene rings is 1. The standard InChI is InChI=1S/C9H6Br2O2/c10-6-3-5-1-2-8(12)13-9(5)7(11)4-6/h1-4,8,12H. The Bertz CT molecular complexity index is 374. The van der Waals surface area contributed by atoms with Crippen molar-refractivity contribution in [1.29, 1.82) is 0 Å². The zero-order valence-electron chi connectivity index (χ0n) is 6.50. The molecule has 4 heteroatoms. The van der Waals surface area contributed by atoms with E-state index < -0.39 is 6.29 Å². The normalized spacial score (nSPS) is 19.5. The molecular formula is C9H6Br2O2. The van der Waals surface area contributed by atoms with Gasteiger partial charge in [0.2, 0.25) is 6.29 Å². The largest absolute Gasteiger partial charge is 0.460 e. The molecule has 2 nitrogen and oxygen atoms in total. The topological polar surface area (TPSA) is 29.5 Å². The van der Waals surface area contributed by atoms with E-state index in [9.17, 15) is 5.11 Å². The van der Waals surface area contributed by atoms with Crippen LogP contribution in [0.2, 0.25) is 0 Å². The maximum Gasteiger partial charge on any atom is 0.217 e. The van der Waals surface area contributed by atoms with Crippen molar-refractivity contribution in [1.82, 2.24) is 0 Å². The summed E-state index contributed by atoms with van der Waals surface area (Å²) in [5.41, 5.74) is 0.951. The van der Waals surface area contributed by atoms with Crippen molar-refractivity contribution in [3.63, 3.8) is 0 Å². The highest BCUT2D eigenvalue weighted by Gasteiger charge is 2.15. The zero-order chi connectivity index (χ0) is 9.42. The number of ether oxygens (including phenoxy) is 1. The number of halogens is 2. The van der Waals surface area contributed by atoms with Crippen LogP contribution in [0.1, 0.15) is 5.56 Å². The summed E-state index contributed by atoms with van der Waals surface area (Å²) >= 11 is 6.73. The maximum atomic E-state index is 9.21. The van der Waals surface area contributed by atoms with Crippen LogP contribution in [0.4, 0.5) is 0 Å². The first-order valence-corrected chi connectivity index (χ1v) is 5.27. The predicted octanol–water partition coefficient (Wildman–Crippen LogP) is 2.94. The van der Waals surface area contributed by atoms with E-state index in [4.69, 9.17) is 4.74 Å². The van der Waals surface area contributed by atoms with Gasteiger partial charge >= 0.3 is 0 Å². The molecule has 0 amide bonds. The lowest BCUT2D eigenvalue weighted by molar-refractivity contribution is 0.0224. The minimum Gasteiger partial charge on any atom is -0.460 e. The SMILES string of the molecule is OC1C=Cc2cc(Br)cc(Br)c2O1. The quantitative estimate of drug-likeness (QED) is 0.798. The Kier molecular flexibility index (Phi) is 2.45. The van der Waals surface area contributed by atoms with Crippen LogP contribution < -0.4 is 4.74 Å². The van der Waals surface area contributed by atoms with Crippen molar-refractivity contribution in [3.8, 4) is 5.75 Å². The highest BCUT2D eigenvalue weighted by Crippen LogP contribution is 2.36. The number of aliphatic hydroxyl groups excluding tert-OH is 1. The molecule has 1 aromatic carbocycles. The molecule has 1 aliphatic heterocycles. The van der Waals surface area contributed by atoms with Gasteiger partial charge in [0.15, 0.2) is 0 Å². The Morgan fingerprint density at radius 2 is 2.08 bits per heavy atom. The van der Waals surface area contributed by atoms with Crippen LogP contribution in [0.15, 0.2) is 27.2 Å². The van der Waals surface area contributed by atoms with E-state index in [1.807, 2.05) is 18.2 Å². The second kappa shape index (κ2) is 3.44. The monoisotopic (exact) mass is 304 g/mol. The molecule has 0 saturated heterocycles. The lowest BCUT2D eigenvalue weighted by atomic mass is 10.1. The fraction of sp³-hybridized carbons (Fsp3) is 0.111. The smallest absolute Gasteiger partial charge is 0.217 e. The van der Waals surface area contributed by atoms with Gasteiger partial charge in [0.25, 0.3) is 0 Å². The molecule has 0 radical (unpaired) electrons. The summed E-state index contributed by atoms with van der Waals surface area (Å²) in [5.74, 6) is 0.679. The minimum atomic E-state index is -0.843. The molecule has 0 aromatic heterocycles. The fourth-order valence-corrected chi connectivity index (χ4v) is 2.53. The highest BCUT2D eigenvalue weighted by atomic mass is 79.9. The third kappa shape index (κ3) is 1.80. The molecule has 0 fully saturated rings. The van der Waals surface area contributed by atoms with E-state index in [-0.39, 0.29) is 0 Å². The van der Waals surface area contributed by atoms with E-state index in [1.165, 1.54) is 0 Å². The molecule has 1 aliphatic rings. The van der Waals surface area contributed by atoms with Gasteiger partial charge in [-0.3, -0.25) is 0 Å². The van der Waals surface area contributed by atoms with Gasteiger partial charge in [-0.15, -0.1) is 0 Å². The molecule has 1 atom stereocenters. The lowest BCUT2D eigenvalue weighted by Gasteiger charge is -2.18. The van der Waals surface area contributed by atoms with Crippen molar-refractivity contribution in [2.45, 2.75) is 6.29 Å². The molecule has 0 spiro atoms. The predicted molar refractivity (Wildman–Crippen MR) is 57.5 cm³/mol. The molecule has 2 rings (SSSR count). The van der Waals surface area contributed by atoms with Gasteiger partial charge < -0.3 is 9.84 Å². The van der Waals surface area contributed by atoms with Gasteiger partial charge in [-0.05, 0) is 40.2 Å². The van der Waals surface area contributed by atoms with E-state index in [2.05, 4.69) is 31.9 Å². The molecule has 1 N–H and O–H groups in total. The number of aliphatic hydroxyl groups is 1. The van der Waals surface area contributed by atoms with Crippen LogP contribution >= 0.6 is 31.9 Å². The molecule has 68 valence electrons. The Balaban J connectivity index is 2.56. The Labute approximate surface area is 92.5 Å². The first-order chi connectivity index (χ1) is 6.16. The second-order valence-electron chi connectivity index (χ2n) is 2.67. The lowest BCUT2D eigenvalue weighted by Crippen LogP contribution is -2.15. The fourth-order valence-electron chi connectivity index (χ4n) is 1.17. The zero-order valence-corrected chi connectivity index (χ0v) is 9.67. The highest BCUT2D eigenvalue weighted by molar-refractivity contribution is 9.11. The van der Waals surface area contributed by atoms with Crippen molar-refractivity contribution in [2.24, 2.45) is 0 Å². The van der Waals surface area contributed by atoms with Gasteiger partial charge in [0.1, 0.15) is 5.75 Å². The van der Waals surface area contributed by atoms with Crippen molar-refractivity contribution < 1.29 is 9.84 Å². The van der Waals surface area contributed by atoms with E-state index >= 15 is 0 Å². The van der Waals surface area contributed by atoms with Crippen LogP contribution in [0, 0.1) is 0 Å². The maximum absolute atomic E-state index is 9.21. The number of rotatable bonds is 0. The first kappa shape index (κ1) is 9.24. The summed E-state index contributed by atoms with van der Waals surface area (Å²) in [7, 11) is 0. The van der Waals surface area contributed by atoms with Gasteiger partial charge in [-0.1, -0.05) is 15.9 Å². The van der Waals surface area contributed by atoms with Crippen molar-refractivity contribution in [2.75, 3.05) is 0 Å². The summed E-state index contributed by atoms with van der Waals surface area (Å²) in [5, 5.41) is 9.21. The Morgan fingerprint density at radius 1 is 1.31 bits per heavy atom. The molecular weight excluding hydrogens is 300 g/mol. The summed E-state index contributed by atoms with van der Waals surface area (Å²) in [6, 6.07) is 3.81. The summed E-state index contributed by atoms with van der Waals surface area (Å²) in [6.45, 7) is 0. The first-order valence-electron chi connectivity index (χ1n) is 3.69. The van der Waals surface area contributed by atoms with Crippen molar-refractivity contribution >= 4 is 37.9 Å². The van der Waals surface area contributed by atoms with E-state index in [0.717, 1.165) is 14.5 Å². The van der Waals surface area contributed by atoms with Crippen LogP contribution in [0.25, 0.3) is 6.08 Å². The molecule has 1 unspecified atom stereocenters. The van der Waals surface area contributed by atoms with E-state index in [0.29, 0.717) is 5.75 Å². The minimum absolute atomic E-state index is 0.679. The van der Waals surface area contributed by atoms with Crippen molar-refractivity contribution in [3.05, 3.63) is 32.7 Å². The number of fused-ring (bicyclic) bond motifs is 1. The average Bonchev–Trinajstić information content (AvgIpc) is 2.06.